The smallest absolute Gasteiger partial charge is 0.129 e. The third kappa shape index (κ3) is 1.73. The molecule has 0 saturated heterocycles. The molecule has 2 aromatic rings. The third-order valence-electron chi connectivity index (χ3n) is 3.59. The lowest BCUT2D eigenvalue weighted by Gasteiger charge is -2.26. The molecule has 92 valence electrons. The van der Waals surface area contributed by atoms with Gasteiger partial charge >= 0.3 is 0 Å². The van der Waals surface area contributed by atoms with Crippen LogP contribution in [0.5, 0.6) is 0 Å². The zero-order valence-corrected chi connectivity index (χ0v) is 10.5. The molecule has 0 aromatic heterocycles. The van der Waals surface area contributed by atoms with Gasteiger partial charge in [0.25, 0.3) is 0 Å². The van der Waals surface area contributed by atoms with Gasteiger partial charge in [-0.1, -0.05) is 41.9 Å². The van der Waals surface area contributed by atoms with Crippen molar-refractivity contribution in [3.05, 3.63) is 70.0 Å². The van der Waals surface area contributed by atoms with E-state index in [1.165, 1.54) is 17.2 Å². The highest BCUT2D eigenvalue weighted by Crippen LogP contribution is 2.39. The summed E-state index contributed by atoms with van der Waals surface area (Å²) in [6.45, 7) is 0. The van der Waals surface area contributed by atoms with Crippen LogP contribution in [0.2, 0.25) is 5.02 Å². The minimum Gasteiger partial charge on any atom is -0.321 e. The summed E-state index contributed by atoms with van der Waals surface area (Å²) < 4.78 is 14.0. The molecule has 0 radical (unpaired) electrons. The van der Waals surface area contributed by atoms with Gasteiger partial charge < -0.3 is 5.73 Å². The van der Waals surface area contributed by atoms with Gasteiger partial charge in [0, 0.05) is 10.6 Å². The summed E-state index contributed by atoms with van der Waals surface area (Å²) in [6, 6.07) is 12.8. The molecule has 0 fully saturated rings. The van der Waals surface area contributed by atoms with Gasteiger partial charge in [-0.2, -0.15) is 0 Å². The lowest BCUT2D eigenvalue weighted by molar-refractivity contribution is 0.442. The van der Waals surface area contributed by atoms with Crippen molar-refractivity contribution < 1.29 is 4.39 Å². The van der Waals surface area contributed by atoms with E-state index in [9.17, 15) is 4.39 Å². The fourth-order valence-corrected chi connectivity index (χ4v) is 3.15. The van der Waals surface area contributed by atoms with Crippen molar-refractivity contribution in [2.24, 2.45) is 5.73 Å². The first kappa shape index (κ1) is 11.7. The molecular weight excluding hydrogens is 249 g/mol. The molecule has 3 heteroatoms. The zero-order valence-electron chi connectivity index (χ0n) is 9.79. The highest BCUT2D eigenvalue weighted by atomic mass is 35.5. The van der Waals surface area contributed by atoms with E-state index in [2.05, 4.69) is 0 Å². The second-order valence-corrected chi connectivity index (χ2v) is 5.28. The van der Waals surface area contributed by atoms with Crippen molar-refractivity contribution in [2.75, 3.05) is 0 Å². The Kier molecular flexibility index (Phi) is 2.65. The minimum atomic E-state index is -0.730. The second-order valence-electron chi connectivity index (χ2n) is 4.88. The number of benzene rings is 2. The molecule has 0 saturated carbocycles. The van der Waals surface area contributed by atoms with E-state index in [1.807, 2.05) is 24.3 Å². The molecule has 1 nitrogen and oxygen atoms in total. The summed E-state index contributed by atoms with van der Waals surface area (Å²) in [5.41, 5.74) is 8.47. The van der Waals surface area contributed by atoms with Gasteiger partial charge in [0.15, 0.2) is 0 Å². The number of hydrogen-bond acceptors (Lipinski definition) is 1. The first-order valence-corrected chi connectivity index (χ1v) is 6.28. The van der Waals surface area contributed by atoms with E-state index >= 15 is 0 Å². The molecule has 2 N–H and O–H groups in total. The Bertz CT molecular complexity index is 564. The maximum atomic E-state index is 14.0. The Morgan fingerprint density at radius 1 is 1.00 bits per heavy atom. The Labute approximate surface area is 110 Å². The van der Waals surface area contributed by atoms with E-state index < -0.39 is 5.54 Å². The van der Waals surface area contributed by atoms with Crippen molar-refractivity contribution in [3.63, 3.8) is 0 Å². The molecule has 18 heavy (non-hydrogen) atoms. The number of rotatable bonds is 1. The number of fused-ring (bicyclic) bond motifs is 1. The van der Waals surface area contributed by atoms with Gasteiger partial charge in [-0.3, -0.25) is 0 Å². The SMILES string of the molecule is NC1(c2c(F)cccc2Cl)Cc2ccccc2C1. The monoisotopic (exact) mass is 261 g/mol. The maximum Gasteiger partial charge on any atom is 0.129 e. The number of hydrogen-bond donors (Lipinski definition) is 1. The molecule has 0 aliphatic heterocycles. The first-order chi connectivity index (χ1) is 8.60. The topological polar surface area (TPSA) is 26.0 Å². The highest BCUT2D eigenvalue weighted by Gasteiger charge is 2.38. The summed E-state index contributed by atoms with van der Waals surface area (Å²) in [7, 11) is 0. The summed E-state index contributed by atoms with van der Waals surface area (Å²) in [5.74, 6) is -0.321. The van der Waals surface area contributed by atoms with E-state index in [0.717, 1.165) is 0 Å². The molecule has 0 amide bonds. The van der Waals surface area contributed by atoms with Crippen molar-refractivity contribution in [2.45, 2.75) is 18.4 Å². The number of nitrogens with two attached hydrogens (primary N) is 1. The van der Waals surface area contributed by atoms with Crippen LogP contribution in [-0.2, 0) is 18.4 Å². The summed E-state index contributed by atoms with van der Waals surface area (Å²) in [5, 5.41) is 0.408. The van der Waals surface area contributed by atoms with Crippen LogP contribution < -0.4 is 5.73 Å². The molecule has 0 spiro atoms. The average Bonchev–Trinajstić information content (AvgIpc) is 2.65. The lowest BCUT2D eigenvalue weighted by atomic mass is 9.87. The summed E-state index contributed by atoms with van der Waals surface area (Å²) in [4.78, 5) is 0. The molecular formula is C15H13ClFN. The molecule has 0 atom stereocenters. The zero-order chi connectivity index (χ0) is 12.8. The molecule has 0 bridgehead atoms. The number of halogens is 2. The van der Waals surface area contributed by atoms with Gasteiger partial charge in [0.1, 0.15) is 5.82 Å². The minimum absolute atomic E-state index is 0.321. The quantitative estimate of drug-likeness (QED) is 0.836. The van der Waals surface area contributed by atoms with E-state index in [4.69, 9.17) is 17.3 Å². The summed E-state index contributed by atoms with van der Waals surface area (Å²) >= 11 is 6.12. The predicted molar refractivity (Wildman–Crippen MR) is 71.1 cm³/mol. The Hall–Kier alpha value is -1.38. The standard InChI is InChI=1S/C15H13ClFN/c16-12-6-3-7-13(17)14(12)15(18)8-10-4-1-2-5-11(10)9-15/h1-7H,8-9,18H2. The van der Waals surface area contributed by atoms with Crippen molar-refractivity contribution in [3.8, 4) is 0 Å². The van der Waals surface area contributed by atoms with Gasteiger partial charge in [-0.25, -0.2) is 4.39 Å². The van der Waals surface area contributed by atoms with Crippen LogP contribution in [-0.4, -0.2) is 0 Å². The highest BCUT2D eigenvalue weighted by molar-refractivity contribution is 6.31. The molecule has 1 aliphatic rings. The van der Waals surface area contributed by atoms with Crippen molar-refractivity contribution in [1.29, 1.82) is 0 Å². The normalized spacial score (nSPS) is 16.6. The fraction of sp³-hybridized carbons (Fsp3) is 0.200. The van der Waals surface area contributed by atoms with Crippen molar-refractivity contribution >= 4 is 11.6 Å². The van der Waals surface area contributed by atoms with Crippen LogP contribution in [0.4, 0.5) is 4.39 Å². The van der Waals surface area contributed by atoms with E-state index in [-0.39, 0.29) is 5.82 Å². The van der Waals surface area contributed by atoms with Crippen LogP contribution in [0.3, 0.4) is 0 Å². The maximum absolute atomic E-state index is 14.0. The Morgan fingerprint density at radius 2 is 1.61 bits per heavy atom. The van der Waals surface area contributed by atoms with Gasteiger partial charge in [0.05, 0.1) is 5.54 Å². The Balaban J connectivity index is 2.09. The Morgan fingerprint density at radius 3 is 2.17 bits per heavy atom. The first-order valence-electron chi connectivity index (χ1n) is 5.90. The molecule has 2 aromatic carbocycles. The fourth-order valence-electron chi connectivity index (χ4n) is 2.79. The van der Waals surface area contributed by atoms with E-state index in [1.54, 1.807) is 12.1 Å². The van der Waals surface area contributed by atoms with Crippen LogP contribution >= 0.6 is 11.6 Å². The van der Waals surface area contributed by atoms with Crippen LogP contribution in [0, 0.1) is 5.82 Å². The van der Waals surface area contributed by atoms with E-state index in [0.29, 0.717) is 23.4 Å². The second kappa shape index (κ2) is 4.08. The van der Waals surface area contributed by atoms with Crippen molar-refractivity contribution in [1.82, 2.24) is 0 Å². The third-order valence-corrected chi connectivity index (χ3v) is 3.91. The molecule has 0 unspecified atom stereocenters. The molecule has 1 aliphatic carbocycles. The van der Waals surface area contributed by atoms with Crippen LogP contribution in [0.15, 0.2) is 42.5 Å². The lowest BCUT2D eigenvalue weighted by Crippen LogP contribution is -2.38. The average molecular weight is 262 g/mol. The van der Waals surface area contributed by atoms with Gasteiger partial charge in [-0.15, -0.1) is 0 Å². The van der Waals surface area contributed by atoms with Crippen LogP contribution in [0.1, 0.15) is 16.7 Å². The molecule has 0 heterocycles. The predicted octanol–water partition coefficient (Wildman–Crippen LogP) is 3.43. The summed E-state index contributed by atoms with van der Waals surface area (Å²) in [6.07, 6.45) is 1.26. The molecule has 3 rings (SSSR count). The van der Waals surface area contributed by atoms with Gasteiger partial charge in [-0.05, 0) is 36.1 Å². The van der Waals surface area contributed by atoms with Gasteiger partial charge in [0.2, 0.25) is 0 Å². The van der Waals surface area contributed by atoms with Crippen LogP contribution in [0.25, 0.3) is 0 Å². The largest absolute Gasteiger partial charge is 0.321 e.